The number of methoxy groups -OCH3 is 5. The van der Waals surface area contributed by atoms with E-state index in [2.05, 4.69) is 194 Å². The Morgan fingerprint density at radius 2 is 0.376 bits per heavy atom. The molecule has 0 heterocycles. The lowest BCUT2D eigenvalue weighted by atomic mass is 9.77. The van der Waals surface area contributed by atoms with Crippen LogP contribution < -0.4 is 23.7 Å². The van der Waals surface area contributed by atoms with E-state index in [1.54, 1.807) is 35.5 Å². The maximum atomic E-state index is 7.05. The third-order valence-electron chi connectivity index (χ3n) is 15.6. The van der Waals surface area contributed by atoms with Crippen molar-refractivity contribution in [2.24, 2.45) is 0 Å². The Morgan fingerprint density at radius 1 is 0.259 bits per heavy atom. The molecule has 0 amide bonds. The highest BCUT2D eigenvalue weighted by Gasteiger charge is 2.40. The van der Waals surface area contributed by atoms with Crippen LogP contribution >= 0.6 is 0 Å². The molecule has 0 fully saturated rings. The third-order valence-corrected chi connectivity index (χ3v) is 15.6. The van der Waals surface area contributed by atoms with Crippen LogP contribution in [0.5, 0.6) is 28.7 Å². The molecule has 10 heteroatoms. The lowest BCUT2D eigenvalue weighted by molar-refractivity contribution is 0.0901. The summed E-state index contributed by atoms with van der Waals surface area (Å²) in [5, 5.41) is 0. The van der Waals surface area contributed by atoms with Gasteiger partial charge in [0.15, 0.2) is 0 Å². The van der Waals surface area contributed by atoms with Gasteiger partial charge in [0, 0.05) is 55.6 Å². The van der Waals surface area contributed by atoms with Crippen molar-refractivity contribution in [2.45, 2.75) is 161 Å². The first kappa shape index (κ1) is 66.8. The van der Waals surface area contributed by atoms with Crippen molar-refractivity contribution in [1.29, 1.82) is 0 Å². The van der Waals surface area contributed by atoms with E-state index in [1.165, 1.54) is 0 Å². The van der Waals surface area contributed by atoms with E-state index in [9.17, 15) is 0 Å². The molecule has 0 atom stereocenters. The van der Waals surface area contributed by atoms with Gasteiger partial charge < -0.3 is 47.4 Å². The van der Waals surface area contributed by atoms with Crippen molar-refractivity contribution in [1.82, 2.24) is 0 Å². The van der Waals surface area contributed by atoms with E-state index in [-0.39, 0.29) is 33.0 Å². The summed E-state index contributed by atoms with van der Waals surface area (Å²) < 4.78 is 69.1. The molecule has 85 heavy (non-hydrogen) atoms. The highest BCUT2D eigenvalue weighted by atomic mass is 16.5. The fourth-order valence-corrected chi connectivity index (χ4v) is 11.1. The normalized spacial score (nSPS) is 17.2. The molecule has 0 aliphatic heterocycles. The predicted molar refractivity (Wildman–Crippen MR) is 342 cm³/mol. The minimum atomic E-state index is -0.954. The van der Waals surface area contributed by atoms with E-state index in [0.29, 0.717) is 84.4 Å². The molecule has 10 bridgehead atoms. The van der Waals surface area contributed by atoms with Crippen LogP contribution in [0.1, 0.15) is 218 Å². The molecule has 5 aromatic carbocycles. The molecule has 0 N–H and O–H groups in total. The van der Waals surface area contributed by atoms with E-state index in [0.717, 1.165) is 27.8 Å². The lowest BCUT2D eigenvalue weighted by Crippen LogP contribution is -2.23. The monoisotopic (exact) mass is 1150 g/mol. The number of hydrogen-bond acceptors (Lipinski definition) is 10. The number of fused-ring (bicyclic) bond motifs is 10. The summed E-state index contributed by atoms with van der Waals surface area (Å²) in [6, 6.07) is 21.2. The van der Waals surface area contributed by atoms with Gasteiger partial charge in [0.2, 0.25) is 0 Å². The highest BCUT2D eigenvalue weighted by molar-refractivity contribution is 5.64. The molecule has 0 radical (unpaired) electrons. The van der Waals surface area contributed by atoms with E-state index < -0.39 is 57.6 Å². The van der Waals surface area contributed by atoms with Gasteiger partial charge in [0.25, 0.3) is 0 Å². The number of rotatable bonds is 15. The zero-order chi connectivity index (χ0) is 63.1. The molecular weight excluding hydrogens is 1060 g/mol. The first-order valence-electron chi connectivity index (χ1n) is 28.8. The summed E-state index contributed by atoms with van der Waals surface area (Å²) in [5.74, 6) is 16.1. The SMILES string of the molecule is C#CCOC1c2cc(C(C)(C)C)cc(c2OC)C(OCC#C)c2cc(C(C)(C)C)cc(c2OC)C(OCC#C)c2cc(C(C)(C)C)cc(c2OC)C(OCC#C)c2cc(C(C)(C)C)cc(c2OC)C(OCC#C)c2cc(C(C)(C)C)cc1c2OC. The summed E-state index contributed by atoms with van der Waals surface area (Å²) in [5.41, 5.74) is 8.72. The number of ether oxygens (including phenoxy) is 10. The molecule has 5 aromatic rings. The van der Waals surface area contributed by atoms with Crippen molar-refractivity contribution < 1.29 is 47.4 Å². The van der Waals surface area contributed by atoms with Gasteiger partial charge in [-0.05, 0) is 116 Å². The molecule has 1 aliphatic rings. The van der Waals surface area contributed by atoms with Crippen molar-refractivity contribution >= 4 is 0 Å². The van der Waals surface area contributed by atoms with Crippen molar-refractivity contribution in [3.63, 3.8) is 0 Å². The van der Waals surface area contributed by atoms with Crippen LogP contribution in [0.25, 0.3) is 0 Å². The number of hydrogen-bond donors (Lipinski definition) is 0. The average molecular weight is 1150 g/mol. The number of terminal acetylenes is 5. The van der Waals surface area contributed by atoms with Gasteiger partial charge in [0.1, 0.15) is 92.3 Å². The van der Waals surface area contributed by atoms with Crippen LogP contribution in [0.2, 0.25) is 0 Å². The quantitative estimate of drug-likeness (QED) is 0.0944. The standard InChI is InChI=1S/C75H90O10/c1-26-31-81-66-51-36-46(71(6,7)8)38-53(61(51)76-21)67(82-32-27-2)55-40-48(73(12,13)14)42-57(63(55)78-23)69(84-34-29-4)59-44-50(75(18,19)20)45-60(65(59)80-25)70(85-35-30-5)58-43-49(74(15,16)17)41-56(64(58)79-24)68(83-33-28-3)54-39-47(72(9,10)11)37-52(66)62(54)77-22/h1-5,36-45,66-70H,31-35H2,6-25H3. The Labute approximate surface area is 509 Å². The van der Waals surface area contributed by atoms with Crippen molar-refractivity contribution in [2.75, 3.05) is 68.6 Å². The minimum Gasteiger partial charge on any atom is -0.496 e. The maximum Gasteiger partial charge on any atom is 0.131 e. The minimum absolute atomic E-state index is 0.0938. The molecular formula is C75H90O10. The van der Waals surface area contributed by atoms with Crippen molar-refractivity contribution in [3.05, 3.63) is 144 Å². The highest BCUT2D eigenvalue weighted by Crippen LogP contribution is 2.55. The van der Waals surface area contributed by atoms with E-state index in [4.69, 9.17) is 79.5 Å². The molecule has 0 unspecified atom stereocenters. The Balaban J connectivity index is 2.11. The number of benzene rings is 5. The molecule has 0 aromatic heterocycles. The molecule has 1 aliphatic carbocycles. The fraction of sp³-hybridized carbons (Fsp3) is 0.467. The second-order valence-corrected chi connectivity index (χ2v) is 26.7. The van der Waals surface area contributed by atoms with Gasteiger partial charge in [-0.3, -0.25) is 0 Å². The van der Waals surface area contributed by atoms with Crippen LogP contribution in [-0.2, 0) is 50.8 Å². The summed E-state index contributed by atoms with van der Waals surface area (Å²) in [6.45, 7) is 31.9. The summed E-state index contributed by atoms with van der Waals surface area (Å²) in [7, 11) is 8.21. The third kappa shape index (κ3) is 14.3. The first-order valence-corrected chi connectivity index (χ1v) is 28.8. The molecule has 450 valence electrons. The molecule has 0 saturated heterocycles. The first-order chi connectivity index (χ1) is 39.9. The zero-order valence-corrected chi connectivity index (χ0v) is 54.2. The van der Waals surface area contributed by atoms with Crippen LogP contribution in [0.3, 0.4) is 0 Å². The van der Waals surface area contributed by atoms with Crippen LogP contribution in [0, 0.1) is 61.7 Å². The molecule has 6 rings (SSSR count). The van der Waals surface area contributed by atoms with Gasteiger partial charge in [0.05, 0.1) is 35.5 Å². The molecule has 0 spiro atoms. The van der Waals surface area contributed by atoms with Gasteiger partial charge >= 0.3 is 0 Å². The van der Waals surface area contributed by atoms with Gasteiger partial charge in [-0.2, -0.15) is 0 Å². The van der Waals surface area contributed by atoms with Gasteiger partial charge in [-0.1, -0.05) is 133 Å². The van der Waals surface area contributed by atoms with Crippen molar-refractivity contribution in [3.8, 4) is 90.5 Å². The van der Waals surface area contributed by atoms with E-state index in [1.807, 2.05) is 0 Å². The Kier molecular flexibility index (Phi) is 21.2. The van der Waals surface area contributed by atoms with Crippen LogP contribution in [0.15, 0.2) is 60.7 Å². The second-order valence-electron chi connectivity index (χ2n) is 26.7. The second kappa shape index (κ2) is 27.0. The van der Waals surface area contributed by atoms with E-state index >= 15 is 0 Å². The Morgan fingerprint density at radius 3 is 0.459 bits per heavy atom. The summed E-state index contributed by atoms with van der Waals surface area (Å²) >= 11 is 0. The largest absolute Gasteiger partial charge is 0.496 e. The topological polar surface area (TPSA) is 92.3 Å². The molecule has 0 saturated carbocycles. The summed E-state index contributed by atoms with van der Waals surface area (Å²) in [6.07, 6.45) is 26.1. The van der Waals surface area contributed by atoms with Gasteiger partial charge in [-0.15, -0.1) is 32.1 Å². The smallest absolute Gasteiger partial charge is 0.131 e. The Hall–Kier alpha value is -7.30. The zero-order valence-electron chi connectivity index (χ0n) is 54.2. The summed E-state index contributed by atoms with van der Waals surface area (Å²) in [4.78, 5) is 0. The maximum absolute atomic E-state index is 7.05. The molecule has 10 nitrogen and oxygen atoms in total. The van der Waals surface area contributed by atoms with Gasteiger partial charge in [-0.25, -0.2) is 0 Å². The van der Waals surface area contributed by atoms with Crippen LogP contribution in [0.4, 0.5) is 0 Å². The Bertz CT molecular complexity index is 2780. The predicted octanol–water partition coefficient (Wildman–Crippen LogP) is 15.2. The van der Waals surface area contributed by atoms with Crippen LogP contribution in [-0.4, -0.2) is 68.6 Å². The lowest BCUT2D eigenvalue weighted by Gasteiger charge is -2.35. The fourth-order valence-electron chi connectivity index (χ4n) is 11.1. The average Bonchev–Trinajstić information content (AvgIpc) is 2.36.